The van der Waals surface area contributed by atoms with Crippen molar-refractivity contribution in [3.05, 3.63) is 64.7 Å². The first-order valence-corrected chi connectivity index (χ1v) is 10.1. The van der Waals surface area contributed by atoms with E-state index >= 15 is 0 Å². The number of carbonyl (C=O) groups excluding carboxylic acids is 1. The molecule has 0 aromatic heterocycles. The molecule has 1 amide bonds. The van der Waals surface area contributed by atoms with E-state index in [1.54, 1.807) is 12.1 Å². The van der Waals surface area contributed by atoms with Gasteiger partial charge >= 0.3 is 0 Å². The normalized spacial score (nSPS) is 17.2. The second-order valence-corrected chi connectivity index (χ2v) is 7.63. The van der Waals surface area contributed by atoms with E-state index < -0.39 is 0 Å². The van der Waals surface area contributed by atoms with Gasteiger partial charge in [-0.15, -0.1) is 0 Å². The van der Waals surface area contributed by atoms with Crippen LogP contribution < -0.4 is 10.6 Å². The number of nitrogens with zero attached hydrogens (tertiary/aromatic N) is 1. The SMILES string of the molecule is CCCN1CCC(CNCc2cccc(NC(=O)c3ccccc3Cl)c2)C1. The zero-order valence-electron chi connectivity index (χ0n) is 15.9. The third-order valence-electron chi connectivity index (χ3n) is 4.98. The van der Waals surface area contributed by atoms with Crippen molar-refractivity contribution in [3.8, 4) is 0 Å². The van der Waals surface area contributed by atoms with Crippen LogP contribution in [-0.2, 0) is 6.54 Å². The van der Waals surface area contributed by atoms with Gasteiger partial charge in [0.25, 0.3) is 5.91 Å². The third-order valence-corrected chi connectivity index (χ3v) is 5.30. The largest absolute Gasteiger partial charge is 0.322 e. The fourth-order valence-corrected chi connectivity index (χ4v) is 3.84. The Balaban J connectivity index is 1.49. The number of amides is 1. The maximum atomic E-state index is 12.4. The van der Waals surface area contributed by atoms with Gasteiger partial charge in [0, 0.05) is 18.8 Å². The number of hydrogen-bond acceptors (Lipinski definition) is 3. The molecular weight excluding hydrogens is 358 g/mol. The average molecular weight is 386 g/mol. The standard InChI is InChI=1S/C22H28ClN3O/c1-2-11-26-12-10-18(16-26)15-24-14-17-6-5-7-19(13-17)25-22(27)20-8-3-4-9-21(20)23/h3-9,13,18,24H,2,10-12,14-16H2,1H3,(H,25,27). The summed E-state index contributed by atoms with van der Waals surface area (Å²) in [6, 6.07) is 15.0. The number of nitrogens with one attached hydrogen (secondary N) is 2. The van der Waals surface area contributed by atoms with Crippen molar-refractivity contribution in [1.82, 2.24) is 10.2 Å². The van der Waals surface area contributed by atoms with E-state index in [1.807, 2.05) is 30.3 Å². The van der Waals surface area contributed by atoms with Gasteiger partial charge in [-0.3, -0.25) is 4.79 Å². The summed E-state index contributed by atoms with van der Waals surface area (Å²) in [6.07, 6.45) is 2.51. The zero-order valence-corrected chi connectivity index (χ0v) is 16.6. The summed E-state index contributed by atoms with van der Waals surface area (Å²) in [5.74, 6) is 0.548. The molecule has 2 aromatic carbocycles. The first-order chi connectivity index (χ1) is 13.2. The molecule has 0 spiro atoms. The molecule has 2 N–H and O–H groups in total. The summed E-state index contributed by atoms with van der Waals surface area (Å²) in [5.41, 5.74) is 2.44. The average Bonchev–Trinajstić information content (AvgIpc) is 3.10. The predicted molar refractivity (Wildman–Crippen MR) is 112 cm³/mol. The van der Waals surface area contributed by atoms with Crippen LogP contribution in [0.5, 0.6) is 0 Å². The topological polar surface area (TPSA) is 44.4 Å². The van der Waals surface area contributed by atoms with E-state index in [-0.39, 0.29) is 5.91 Å². The van der Waals surface area contributed by atoms with Crippen molar-refractivity contribution in [3.63, 3.8) is 0 Å². The summed E-state index contributed by atoms with van der Waals surface area (Å²) in [4.78, 5) is 15.0. The summed E-state index contributed by atoms with van der Waals surface area (Å²) >= 11 is 6.10. The first-order valence-electron chi connectivity index (χ1n) is 9.73. The molecule has 3 rings (SSSR count). The molecule has 2 aromatic rings. The fourth-order valence-electron chi connectivity index (χ4n) is 3.62. The molecule has 4 nitrogen and oxygen atoms in total. The van der Waals surface area contributed by atoms with E-state index in [9.17, 15) is 4.79 Å². The lowest BCUT2D eigenvalue weighted by atomic mass is 10.1. The Kier molecular flexibility index (Phi) is 7.27. The Bertz CT molecular complexity index is 765. The van der Waals surface area contributed by atoms with Crippen LogP contribution in [0.2, 0.25) is 5.02 Å². The maximum absolute atomic E-state index is 12.4. The molecule has 27 heavy (non-hydrogen) atoms. The fraction of sp³-hybridized carbons (Fsp3) is 0.409. The summed E-state index contributed by atoms with van der Waals surface area (Å²) in [5, 5.41) is 6.96. The van der Waals surface area contributed by atoms with Crippen molar-refractivity contribution in [1.29, 1.82) is 0 Å². The van der Waals surface area contributed by atoms with Gasteiger partial charge in [0.15, 0.2) is 0 Å². The number of benzene rings is 2. The Hall–Kier alpha value is -1.88. The summed E-state index contributed by atoms with van der Waals surface area (Å²) < 4.78 is 0. The molecule has 1 aliphatic heterocycles. The zero-order chi connectivity index (χ0) is 19.1. The quantitative estimate of drug-likeness (QED) is 0.707. The Labute approximate surface area is 166 Å². The molecule has 1 heterocycles. The van der Waals surface area contributed by atoms with Crippen molar-refractivity contribution in [2.24, 2.45) is 5.92 Å². The highest BCUT2D eigenvalue weighted by atomic mass is 35.5. The van der Waals surface area contributed by atoms with Crippen LogP contribution in [-0.4, -0.2) is 37.0 Å². The van der Waals surface area contributed by atoms with Crippen molar-refractivity contribution >= 4 is 23.2 Å². The van der Waals surface area contributed by atoms with Gasteiger partial charge in [-0.25, -0.2) is 0 Å². The molecule has 1 atom stereocenters. The molecule has 0 radical (unpaired) electrons. The van der Waals surface area contributed by atoms with E-state index in [1.165, 1.54) is 32.5 Å². The minimum Gasteiger partial charge on any atom is -0.322 e. The number of hydrogen-bond donors (Lipinski definition) is 2. The van der Waals surface area contributed by atoms with E-state index in [0.29, 0.717) is 10.6 Å². The molecule has 1 fully saturated rings. The molecule has 1 unspecified atom stereocenters. The van der Waals surface area contributed by atoms with Crippen LogP contribution in [0.3, 0.4) is 0 Å². The Morgan fingerprint density at radius 3 is 2.89 bits per heavy atom. The summed E-state index contributed by atoms with van der Waals surface area (Å²) in [7, 11) is 0. The number of anilines is 1. The van der Waals surface area contributed by atoms with Crippen LogP contribution in [0.15, 0.2) is 48.5 Å². The minimum atomic E-state index is -0.187. The smallest absolute Gasteiger partial charge is 0.257 e. The highest BCUT2D eigenvalue weighted by Gasteiger charge is 2.21. The summed E-state index contributed by atoms with van der Waals surface area (Å²) in [6.45, 7) is 7.72. The monoisotopic (exact) mass is 385 g/mol. The lowest BCUT2D eigenvalue weighted by Crippen LogP contribution is -2.26. The van der Waals surface area contributed by atoms with Gasteiger partial charge in [0.1, 0.15) is 0 Å². The van der Waals surface area contributed by atoms with Gasteiger partial charge < -0.3 is 15.5 Å². The van der Waals surface area contributed by atoms with Crippen molar-refractivity contribution in [2.45, 2.75) is 26.3 Å². The van der Waals surface area contributed by atoms with E-state index in [2.05, 4.69) is 28.5 Å². The van der Waals surface area contributed by atoms with Crippen LogP contribution in [0.1, 0.15) is 35.7 Å². The maximum Gasteiger partial charge on any atom is 0.257 e. The highest BCUT2D eigenvalue weighted by Crippen LogP contribution is 2.18. The number of carbonyl (C=O) groups is 1. The lowest BCUT2D eigenvalue weighted by molar-refractivity contribution is 0.102. The number of halogens is 1. The molecule has 0 bridgehead atoms. The molecule has 5 heteroatoms. The van der Waals surface area contributed by atoms with E-state index in [0.717, 1.165) is 30.3 Å². The first kappa shape index (κ1) is 19.9. The Morgan fingerprint density at radius 2 is 2.07 bits per heavy atom. The second-order valence-electron chi connectivity index (χ2n) is 7.22. The van der Waals surface area contributed by atoms with Gasteiger partial charge in [0.2, 0.25) is 0 Å². The molecule has 1 saturated heterocycles. The minimum absolute atomic E-state index is 0.187. The molecular formula is C22H28ClN3O. The molecule has 144 valence electrons. The van der Waals surface area contributed by atoms with Gasteiger partial charge in [-0.2, -0.15) is 0 Å². The molecule has 0 aliphatic carbocycles. The van der Waals surface area contributed by atoms with Gasteiger partial charge in [-0.1, -0.05) is 42.8 Å². The van der Waals surface area contributed by atoms with Crippen molar-refractivity contribution in [2.75, 3.05) is 31.5 Å². The van der Waals surface area contributed by atoms with Crippen LogP contribution in [0.25, 0.3) is 0 Å². The van der Waals surface area contributed by atoms with Crippen molar-refractivity contribution < 1.29 is 4.79 Å². The third kappa shape index (κ3) is 5.80. The van der Waals surface area contributed by atoms with Gasteiger partial charge in [0.05, 0.1) is 10.6 Å². The molecule has 1 aliphatic rings. The van der Waals surface area contributed by atoms with Gasteiger partial charge in [-0.05, 0) is 68.2 Å². The second kappa shape index (κ2) is 9.88. The highest BCUT2D eigenvalue weighted by molar-refractivity contribution is 6.34. The van der Waals surface area contributed by atoms with Crippen LogP contribution in [0, 0.1) is 5.92 Å². The number of rotatable bonds is 8. The predicted octanol–water partition coefficient (Wildman–Crippen LogP) is 4.41. The van der Waals surface area contributed by atoms with E-state index in [4.69, 9.17) is 11.6 Å². The Morgan fingerprint density at radius 1 is 1.22 bits per heavy atom. The number of likely N-dealkylation sites (tertiary alicyclic amines) is 1. The lowest BCUT2D eigenvalue weighted by Gasteiger charge is -2.15. The molecule has 0 saturated carbocycles. The van der Waals surface area contributed by atoms with Crippen LogP contribution >= 0.6 is 11.6 Å². The van der Waals surface area contributed by atoms with Crippen LogP contribution in [0.4, 0.5) is 5.69 Å².